The van der Waals surface area contributed by atoms with Crippen LogP contribution in [0.3, 0.4) is 0 Å². The Kier molecular flexibility index (Phi) is 19.2. The first-order valence-corrected chi connectivity index (χ1v) is 13.5. The number of hydrogen-bond acceptors (Lipinski definition) is 5. The molecule has 0 aliphatic rings. The first-order chi connectivity index (χ1) is 15.4. The maximum absolute atomic E-state index is 12.4. The molecule has 0 unspecified atom stereocenters. The predicted octanol–water partition coefficient (Wildman–Crippen LogP) is 5.80. The summed E-state index contributed by atoms with van der Waals surface area (Å²) >= 11 is 0. The molecule has 33 heavy (non-hydrogen) atoms. The van der Waals surface area contributed by atoms with E-state index in [0.29, 0.717) is 6.42 Å². The quantitative estimate of drug-likeness (QED) is 0.0632. The summed E-state index contributed by atoms with van der Waals surface area (Å²) in [5.41, 5.74) is 5.52. The fourth-order valence-electron chi connectivity index (χ4n) is 3.59. The van der Waals surface area contributed by atoms with Crippen LogP contribution in [0, 0.1) is 0 Å². The van der Waals surface area contributed by atoms with Crippen molar-refractivity contribution < 1.29 is 22.5 Å². The van der Waals surface area contributed by atoms with E-state index in [2.05, 4.69) is 19.1 Å². The normalized spacial score (nSPS) is 11.5. The van der Waals surface area contributed by atoms with Crippen LogP contribution in [0.5, 0.6) is 5.75 Å². The van der Waals surface area contributed by atoms with E-state index in [9.17, 15) is 17.8 Å². The third kappa shape index (κ3) is 15.0. The zero-order valence-electron chi connectivity index (χ0n) is 19.6. The minimum atomic E-state index is -4.50. The van der Waals surface area contributed by atoms with Gasteiger partial charge in [-0.15, -0.1) is 0 Å². The average molecular weight is 492 g/mol. The van der Waals surface area contributed by atoms with E-state index < -0.39 is 15.0 Å². The molecule has 6 nitrogen and oxygen atoms in total. The molecule has 0 aromatic heterocycles. The Balaban J connectivity index is 0.0000102. The molecule has 1 aromatic carbocycles. The van der Waals surface area contributed by atoms with Gasteiger partial charge in [-0.2, -0.15) is 8.42 Å². The molecule has 0 saturated heterocycles. The molecular formula is C25H42NNaO5S. The summed E-state index contributed by atoms with van der Waals surface area (Å²) in [5, 5.41) is 0. The van der Waals surface area contributed by atoms with E-state index in [1.165, 1.54) is 63.5 Å². The van der Waals surface area contributed by atoms with Gasteiger partial charge in [-0.05, 0) is 50.3 Å². The molecule has 3 N–H and O–H groups in total. The van der Waals surface area contributed by atoms with Gasteiger partial charge in [0.15, 0.2) is 5.78 Å². The van der Waals surface area contributed by atoms with Crippen LogP contribution < -0.4 is 10.5 Å². The molecule has 184 valence electrons. The third-order valence-electron chi connectivity index (χ3n) is 5.45. The number of ketones is 1. The standard InChI is InChI=1S/C25H41NO5S.Na.H/c1-2-3-4-5-6-7-8-9-10-11-12-13-14-15-16-17-23(27)22-18-19-24(31-21-26)25(20-22)32(28,29)30;;/h9-10,18-20H,2-8,11-17,21,26H2,1H3,(H,28,29,30);;/b10-9-;;. The van der Waals surface area contributed by atoms with Crippen LogP contribution in [0.4, 0.5) is 0 Å². The van der Waals surface area contributed by atoms with Crippen LogP contribution in [0.2, 0.25) is 0 Å². The second-order valence-electron chi connectivity index (χ2n) is 8.21. The molecule has 0 amide bonds. The van der Waals surface area contributed by atoms with Gasteiger partial charge in [-0.1, -0.05) is 70.4 Å². The zero-order chi connectivity index (χ0) is 23.7. The number of rotatable bonds is 19. The van der Waals surface area contributed by atoms with Gasteiger partial charge >= 0.3 is 29.6 Å². The number of allylic oxidation sites excluding steroid dienone is 2. The second kappa shape index (κ2) is 19.6. The predicted molar refractivity (Wildman–Crippen MR) is 137 cm³/mol. The Morgan fingerprint density at radius 3 is 2.03 bits per heavy atom. The Labute approximate surface area is 222 Å². The van der Waals surface area contributed by atoms with E-state index in [0.717, 1.165) is 38.2 Å². The number of unbranched alkanes of at least 4 members (excludes halogenated alkanes) is 11. The molecule has 0 fully saturated rings. The number of ether oxygens (including phenoxy) is 1. The average Bonchev–Trinajstić information content (AvgIpc) is 2.76. The van der Waals surface area contributed by atoms with Gasteiger partial charge in [0.1, 0.15) is 17.4 Å². The number of hydrogen-bond donors (Lipinski definition) is 2. The fraction of sp³-hybridized carbons (Fsp3) is 0.640. The van der Waals surface area contributed by atoms with E-state index in [4.69, 9.17) is 10.5 Å². The molecule has 1 rings (SSSR count). The van der Waals surface area contributed by atoms with Crippen molar-refractivity contribution in [1.82, 2.24) is 0 Å². The van der Waals surface area contributed by atoms with E-state index in [1.807, 2.05) is 0 Å². The Bertz CT molecular complexity index is 796. The van der Waals surface area contributed by atoms with Crippen molar-refractivity contribution in [3.63, 3.8) is 0 Å². The Hall–Kier alpha value is -0.700. The van der Waals surface area contributed by atoms with Crippen LogP contribution in [0.15, 0.2) is 35.2 Å². The van der Waals surface area contributed by atoms with Gasteiger partial charge in [-0.3, -0.25) is 15.1 Å². The van der Waals surface area contributed by atoms with Gasteiger partial charge in [0.25, 0.3) is 10.1 Å². The number of Topliss-reactive ketones (excluding diaryl/α,β-unsaturated/α-hetero) is 1. The molecule has 0 heterocycles. The van der Waals surface area contributed by atoms with Crippen molar-refractivity contribution in [2.75, 3.05) is 6.73 Å². The van der Waals surface area contributed by atoms with Gasteiger partial charge in [-0.25, -0.2) is 0 Å². The summed E-state index contributed by atoms with van der Waals surface area (Å²) in [7, 11) is -4.50. The minimum absolute atomic E-state index is 0. The summed E-state index contributed by atoms with van der Waals surface area (Å²) in [4.78, 5) is 11.9. The molecule has 0 aliphatic heterocycles. The van der Waals surface area contributed by atoms with Gasteiger partial charge in [0.05, 0.1) is 0 Å². The first kappa shape index (κ1) is 32.3. The van der Waals surface area contributed by atoms with Crippen LogP contribution in [0.25, 0.3) is 0 Å². The van der Waals surface area contributed by atoms with E-state index >= 15 is 0 Å². The molecule has 0 radical (unpaired) electrons. The van der Waals surface area contributed by atoms with Crippen LogP contribution >= 0.6 is 0 Å². The summed E-state index contributed by atoms with van der Waals surface area (Å²) in [6.07, 6.45) is 20.4. The SMILES string of the molecule is CCCCCCCC/C=C\CCCCCCCC(=O)c1ccc(OCN)c(S(=O)(=O)O)c1.[NaH]. The molecule has 0 saturated carbocycles. The van der Waals surface area contributed by atoms with Crippen molar-refractivity contribution in [3.05, 3.63) is 35.9 Å². The molecule has 0 bridgehead atoms. The van der Waals surface area contributed by atoms with Crippen molar-refractivity contribution in [1.29, 1.82) is 0 Å². The second-order valence-corrected chi connectivity index (χ2v) is 9.60. The summed E-state index contributed by atoms with van der Waals surface area (Å²) < 4.78 is 37.4. The monoisotopic (exact) mass is 491 g/mol. The van der Waals surface area contributed by atoms with Gasteiger partial charge in [0, 0.05) is 12.0 Å². The van der Waals surface area contributed by atoms with Crippen LogP contribution in [0.1, 0.15) is 107 Å². The van der Waals surface area contributed by atoms with Crippen LogP contribution in [-0.4, -0.2) is 55.0 Å². The van der Waals surface area contributed by atoms with Crippen molar-refractivity contribution in [2.45, 2.75) is 102 Å². The summed E-state index contributed by atoms with van der Waals surface area (Å²) in [6.45, 7) is 2.01. The molecular weight excluding hydrogens is 449 g/mol. The van der Waals surface area contributed by atoms with Gasteiger partial charge in [0.2, 0.25) is 0 Å². The number of carbonyl (C=O) groups is 1. The van der Waals surface area contributed by atoms with E-state index in [-0.39, 0.29) is 53.4 Å². The van der Waals surface area contributed by atoms with Crippen LogP contribution in [-0.2, 0) is 10.1 Å². The molecule has 0 spiro atoms. The summed E-state index contributed by atoms with van der Waals surface area (Å²) in [5.74, 6) is -0.209. The topological polar surface area (TPSA) is 107 Å². The maximum atomic E-state index is 12.4. The third-order valence-corrected chi connectivity index (χ3v) is 6.32. The molecule has 8 heteroatoms. The Morgan fingerprint density at radius 1 is 0.939 bits per heavy atom. The molecule has 0 atom stereocenters. The Morgan fingerprint density at radius 2 is 1.48 bits per heavy atom. The fourth-order valence-corrected chi connectivity index (χ4v) is 4.25. The molecule has 0 aliphatic carbocycles. The first-order valence-electron chi connectivity index (χ1n) is 12.0. The van der Waals surface area contributed by atoms with Crippen molar-refractivity contribution >= 4 is 45.5 Å². The van der Waals surface area contributed by atoms with E-state index in [1.54, 1.807) is 0 Å². The van der Waals surface area contributed by atoms with Gasteiger partial charge < -0.3 is 4.74 Å². The van der Waals surface area contributed by atoms with Crippen molar-refractivity contribution in [3.8, 4) is 5.75 Å². The number of benzene rings is 1. The molecule has 1 aromatic rings. The summed E-state index contributed by atoms with van der Waals surface area (Å²) in [6, 6.07) is 4.00. The van der Waals surface area contributed by atoms with Crippen molar-refractivity contribution in [2.24, 2.45) is 5.73 Å². The number of nitrogens with two attached hydrogens (primary N) is 1. The zero-order valence-corrected chi connectivity index (χ0v) is 20.4. The number of carbonyl (C=O) groups excluding carboxylic acids is 1.